The summed E-state index contributed by atoms with van der Waals surface area (Å²) in [4.78, 5) is 37.0. The fourth-order valence-electron chi connectivity index (χ4n) is 5.46. The first-order valence-corrected chi connectivity index (χ1v) is 12.5. The van der Waals surface area contributed by atoms with Gasteiger partial charge >= 0.3 is 12.1 Å². The third-order valence-corrected chi connectivity index (χ3v) is 7.08. The van der Waals surface area contributed by atoms with Crippen LogP contribution < -0.4 is 10.6 Å². The number of alkyl carbamates (subject to hydrolysis) is 1. The van der Waals surface area contributed by atoms with Crippen LogP contribution in [-0.2, 0) is 14.3 Å². The number of ether oxygens (including phenoxy) is 1. The Labute approximate surface area is 206 Å². The van der Waals surface area contributed by atoms with E-state index in [1.165, 1.54) is 0 Å². The smallest absolute Gasteiger partial charge is 0.407 e. The van der Waals surface area contributed by atoms with E-state index in [0.717, 1.165) is 41.5 Å². The lowest BCUT2D eigenvalue weighted by atomic mass is 9.98. The average molecular weight is 479 g/mol. The van der Waals surface area contributed by atoms with Crippen LogP contribution in [0.2, 0.25) is 0 Å². The summed E-state index contributed by atoms with van der Waals surface area (Å²) in [6.45, 7) is 4.16. The zero-order valence-corrected chi connectivity index (χ0v) is 20.3. The number of amides is 2. The lowest BCUT2D eigenvalue weighted by Crippen LogP contribution is -2.51. The zero-order valence-electron chi connectivity index (χ0n) is 20.3. The summed E-state index contributed by atoms with van der Waals surface area (Å²) < 4.78 is 5.64. The van der Waals surface area contributed by atoms with Gasteiger partial charge in [-0.05, 0) is 53.4 Å². The van der Waals surface area contributed by atoms with E-state index in [4.69, 9.17) is 9.84 Å². The SMILES string of the molecule is CC(C)C[C@H](NC(=O)OCC1c2ccccc2-c2ccccc21)C(=O)NC1CCCC1CC(=O)O. The number of fused-ring (bicyclic) bond motifs is 3. The molecule has 2 aliphatic rings. The Morgan fingerprint density at radius 1 is 1.00 bits per heavy atom. The van der Waals surface area contributed by atoms with E-state index in [9.17, 15) is 14.4 Å². The molecular weight excluding hydrogens is 444 g/mol. The number of benzene rings is 2. The summed E-state index contributed by atoms with van der Waals surface area (Å²) in [5, 5.41) is 14.9. The normalized spacial score (nSPS) is 19.6. The van der Waals surface area contributed by atoms with Gasteiger partial charge in [-0.15, -0.1) is 0 Å². The number of carboxylic acid groups (broad SMARTS) is 1. The maximum Gasteiger partial charge on any atom is 0.407 e. The van der Waals surface area contributed by atoms with Crippen LogP contribution in [0.3, 0.4) is 0 Å². The first kappa shape index (κ1) is 24.8. The molecular formula is C28H34N2O5. The largest absolute Gasteiger partial charge is 0.481 e. The van der Waals surface area contributed by atoms with Gasteiger partial charge in [-0.3, -0.25) is 9.59 Å². The van der Waals surface area contributed by atoms with Gasteiger partial charge in [0, 0.05) is 12.0 Å². The second kappa shape index (κ2) is 10.9. The molecule has 0 aromatic heterocycles. The molecule has 3 atom stereocenters. The van der Waals surface area contributed by atoms with Crippen LogP contribution >= 0.6 is 0 Å². The summed E-state index contributed by atoms with van der Waals surface area (Å²) in [5.41, 5.74) is 4.57. The van der Waals surface area contributed by atoms with E-state index in [0.29, 0.717) is 6.42 Å². The summed E-state index contributed by atoms with van der Waals surface area (Å²) in [6, 6.07) is 15.3. The third kappa shape index (κ3) is 5.84. The topological polar surface area (TPSA) is 105 Å². The van der Waals surface area contributed by atoms with E-state index in [-0.39, 0.29) is 42.7 Å². The molecule has 7 nitrogen and oxygen atoms in total. The Hall–Kier alpha value is -3.35. The molecule has 0 heterocycles. The van der Waals surface area contributed by atoms with E-state index in [1.54, 1.807) is 0 Å². The van der Waals surface area contributed by atoms with Gasteiger partial charge in [0.05, 0.1) is 6.42 Å². The molecule has 0 aliphatic heterocycles. The minimum Gasteiger partial charge on any atom is -0.481 e. The molecule has 1 saturated carbocycles. The summed E-state index contributed by atoms with van der Waals surface area (Å²) >= 11 is 0. The predicted molar refractivity (Wildman–Crippen MR) is 133 cm³/mol. The highest BCUT2D eigenvalue weighted by atomic mass is 16.5. The van der Waals surface area contributed by atoms with Gasteiger partial charge in [0.1, 0.15) is 12.6 Å². The third-order valence-electron chi connectivity index (χ3n) is 7.08. The fourth-order valence-corrected chi connectivity index (χ4v) is 5.46. The van der Waals surface area contributed by atoms with Crippen LogP contribution in [0, 0.1) is 11.8 Å². The highest BCUT2D eigenvalue weighted by Crippen LogP contribution is 2.44. The fraction of sp³-hybridized carbons (Fsp3) is 0.464. The second-order valence-electron chi connectivity index (χ2n) is 10.1. The van der Waals surface area contributed by atoms with Crippen molar-refractivity contribution < 1.29 is 24.2 Å². The lowest BCUT2D eigenvalue weighted by Gasteiger charge is -2.25. The number of carbonyl (C=O) groups is 3. The van der Waals surface area contributed by atoms with Crippen LogP contribution in [0.4, 0.5) is 4.79 Å². The van der Waals surface area contributed by atoms with Crippen molar-refractivity contribution in [2.75, 3.05) is 6.61 Å². The van der Waals surface area contributed by atoms with Gasteiger partial charge in [0.2, 0.25) is 5.91 Å². The lowest BCUT2D eigenvalue weighted by molar-refractivity contribution is -0.138. The van der Waals surface area contributed by atoms with Crippen LogP contribution in [0.1, 0.15) is 63.0 Å². The van der Waals surface area contributed by atoms with Crippen molar-refractivity contribution in [2.45, 2.75) is 64.0 Å². The first-order chi connectivity index (χ1) is 16.8. The van der Waals surface area contributed by atoms with Crippen molar-refractivity contribution in [2.24, 2.45) is 11.8 Å². The van der Waals surface area contributed by atoms with Crippen molar-refractivity contribution in [3.05, 3.63) is 59.7 Å². The van der Waals surface area contributed by atoms with Crippen molar-refractivity contribution in [3.63, 3.8) is 0 Å². The van der Waals surface area contributed by atoms with Crippen LogP contribution in [0.15, 0.2) is 48.5 Å². The molecule has 2 unspecified atom stereocenters. The van der Waals surface area contributed by atoms with E-state index >= 15 is 0 Å². The number of nitrogens with one attached hydrogen (secondary N) is 2. The molecule has 0 bridgehead atoms. The molecule has 2 aromatic carbocycles. The Balaban J connectivity index is 1.38. The number of aliphatic carboxylic acids is 1. The molecule has 35 heavy (non-hydrogen) atoms. The maximum atomic E-state index is 13.1. The van der Waals surface area contributed by atoms with Gasteiger partial charge in [-0.2, -0.15) is 0 Å². The molecule has 0 radical (unpaired) electrons. The highest BCUT2D eigenvalue weighted by molar-refractivity contribution is 5.86. The Morgan fingerprint density at radius 2 is 1.63 bits per heavy atom. The Kier molecular flexibility index (Phi) is 7.73. The molecule has 0 spiro atoms. The number of carbonyl (C=O) groups excluding carboxylic acids is 2. The van der Waals surface area contributed by atoms with Gasteiger partial charge in [-0.25, -0.2) is 4.79 Å². The Bertz CT molecular complexity index is 1040. The van der Waals surface area contributed by atoms with E-state index in [2.05, 4.69) is 34.9 Å². The number of hydrogen-bond acceptors (Lipinski definition) is 4. The molecule has 0 saturated heterocycles. The first-order valence-electron chi connectivity index (χ1n) is 12.5. The number of carboxylic acids is 1. The Morgan fingerprint density at radius 3 is 2.23 bits per heavy atom. The zero-order chi connectivity index (χ0) is 24.9. The van der Waals surface area contributed by atoms with E-state index < -0.39 is 18.1 Å². The van der Waals surface area contributed by atoms with Crippen molar-refractivity contribution >= 4 is 18.0 Å². The molecule has 4 rings (SSSR count). The molecule has 2 aromatic rings. The monoisotopic (exact) mass is 478 g/mol. The summed E-state index contributed by atoms with van der Waals surface area (Å²) in [5.74, 6) is -1.09. The highest BCUT2D eigenvalue weighted by Gasteiger charge is 2.33. The van der Waals surface area contributed by atoms with Crippen molar-refractivity contribution in [3.8, 4) is 11.1 Å². The van der Waals surface area contributed by atoms with Gasteiger partial charge < -0.3 is 20.5 Å². The van der Waals surface area contributed by atoms with Crippen molar-refractivity contribution in [1.29, 1.82) is 0 Å². The molecule has 2 amide bonds. The predicted octanol–water partition coefficient (Wildman–Crippen LogP) is 4.70. The number of hydrogen-bond donors (Lipinski definition) is 3. The van der Waals surface area contributed by atoms with Crippen LogP contribution in [0.25, 0.3) is 11.1 Å². The van der Waals surface area contributed by atoms with Gasteiger partial charge in [0.25, 0.3) is 0 Å². The minimum atomic E-state index is -0.855. The average Bonchev–Trinajstić information content (AvgIpc) is 3.38. The summed E-state index contributed by atoms with van der Waals surface area (Å²) in [7, 11) is 0. The van der Waals surface area contributed by atoms with Crippen molar-refractivity contribution in [1.82, 2.24) is 10.6 Å². The van der Waals surface area contributed by atoms with E-state index in [1.807, 2.05) is 38.1 Å². The number of rotatable bonds is 9. The molecule has 1 fully saturated rings. The minimum absolute atomic E-state index is 0.0413. The van der Waals surface area contributed by atoms with Gasteiger partial charge in [-0.1, -0.05) is 68.8 Å². The van der Waals surface area contributed by atoms with Gasteiger partial charge in [0.15, 0.2) is 0 Å². The summed E-state index contributed by atoms with van der Waals surface area (Å²) in [6.07, 6.45) is 2.31. The molecule has 3 N–H and O–H groups in total. The quantitative estimate of drug-likeness (QED) is 0.485. The van der Waals surface area contributed by atoms with Crippen LogP contribution in [0.5, 0.6) is 0 Å². The molecule has 7 heteroatoms. The standard InChI is InChI=1S/C28H34N2O5/c1-17(2)14-25(27(33)29-24-13-7-8-18(24)15-26(31)32)30-28(34)35-16-23-21-11-5-3-9-19(21)20-10-4-6-12-22(20)23/h3-6,9-12,17-18,23-25H,7-8,13-16H2,1-2H3,(H,29,33)(H,30,34)(H,31,32)/t18?,24?,25-/m0/s1. The molecule has 186 valence electrons. The second-order valence-corrected chi connectivity index (χ2v) is 10.1. The molecule has 2 aliphatic carbocycles. The maximum absolute atomic E-state index is 13.1. The van der Waals surface area contributed by atoms with Crippen LogP contribution in [-0.4, -0.2) is 41.8 Å².